The number of carbonyl (C=O) groups excluding carboxylic acids is 2. The van der Waals surface area contributed by atoms with Gasteiger partial charge in [0.25, 0.3) is 0 Å². The van der Waals surface area contributed by atoms with Crippen molar-refractivity contribution in [2.75, 3.05) is 4.90 Å². The van der Waals surface area contributed by atoms with Crippen LogP contribution in [-0.4, -0.2) is 33.0 Å². The number of thioether (sulfide) groups is 1. The van der Waals surface area contributed by atoms with E-state index in [2.05, 4.69) is 0 Å². The average Bonchev–Trinajstić information content (AvgIpc) is 3.42. The van der Waals surface area contributed by atoms with E-state index in [0.29, 0.717) is 17.1 Å². The van der Waals surface area contributed by atoms with Gasteiger partial charge in [-0.3, -0.25) is 15.0 Å². The molecule has 34 heavy (non-hydrogen) atoms. The molecule has 2 heterocycles. The van der Waals surface area contributed by atoms with Crippen LogP contribution < -0.4 is 4.90 Å². The molecule has 170 valence electrons. The maximum absolute atomic E-state index is 13.1. The largest absolute Gasteiger partial charge is 0.277 e. The second-order valence-corrected chi connectivity index (χ2v) is 9.68. The van der Waals surface area contributed by atoms with E-state index in [9.17, 15) is 9.59 Å². The fourth-order valence-electron chi connectivity index (χ4n) is 4.18. The Labute approximate surface area is 206 Å². The molecule has 0 saturated carbocycles. The standard InChI is InChI=1S/C26H21ClN4O2S/c27-19-11-13-20(14-12-19)30-24(32)16-23(25(30)33)34-26(28)31-22(18-9-5-2-6-10-18)15-21(29-31)17-7-3-1-4-8-17/h1-14,22-23,28H,15-16H2/t22-,23+/m0/s1. The van der Waals surface area contributed by atoms with E-state index in [1.54, 1.807) is 29.3 Å². The minimum Gasteiger partial charge on any atom is -0.277 e. The fraction of sp³-hybridized carbons (Fsp3) is 0.154. The number of amides is 2. The number of hydrazone groups is 1. The maximum atomic E-state index is 13.1. The van der Waals surface area contributed by atoms with Crippen molar-refractivity contribution >= 4 is 51.7 Å². The van der Waals surface area contributed by atoms with Gasteiger partial charge in [0.1, 0.15) is 5.25 Å². The van der Waals surface area contributed by atoms with E-state index in [1.807, 2.05) is 60.7 Å². The molecule has 5 rings (SSSR count). The molecule has 1 fully saturated rings. The topological polar surface area (TPSA) is 76.8 Å². The normalized spacial score (nSPS) is 20.1. The third-order valence-corrected chi connectivity index (χ3v) is 7.17. The predicted molar refractivity (Wildman–Crippen MR) is 136 cm³/mol. The number of amidine groups is 1. The molecule has 2 aliphatic rings. The summed E-state index contributed by atoms with van der Waals surface area (Å²) in [6, 6.07) is 26.3. The minimum atomic E-state index is -0.678. The van der Waals surface area contributed by atoms with Crippen LogP contribution in [0.5, 0.6) is 0 Å². The van der Waals surface area contributed by atoms with Crippen LogP contribution in [-0.2, 0) is 9.59 Å². The fourth-order valence-corrected chi connectivity index (χ4v) is 5.29. The summed E-state index contributed by atoms with van der Waals surface area (Å²) < 4.78 is 0. The lowest BCUT2D eigenvalue weighted by Crippen LogP contribution is -2.32. The minimum absolute atomic E-state index is 0.0353. The van der Waals surface area contributed by atoms with Crippen molar-refractivity contribution < 1.29 is 9.59 Å². The highest BCUT2D eigenvalue weighted by Gasteiger charge is 2.42. The number of hydrogen-bond acceptors (Lipinski definition) is 5. The Bertz CT molecular complexity index is 1260. The zero-order chi connectivity index (χ0) is 23.7. The first-order valence-corrected chi connectivity index (χ1v) is 12.1. The molecule has 0 spiro atoms. The number of benzene rings is 3. The molecule has 6 nitrogen and oxygen atoms in total. The van der Waals surface area contributed by atoms with E-state index >= 15 is 0 Å². The van der Waals surface area contributed by atoms with Crippen LogP contribution in [0.3, 0.4) is 0 Å². The molecule has 8 heteroatoms. The Kier molecular flexibility index (Phi) is 6.22. The summed E-state index contributed by atoms with van der Waals surface area (Å²) in [4.78, 5) is 26.9. The van der Waals surface area contributed by atoms with Gasteiger partial charge in [-0.25, -0.2) is 9.91 Å². The number of nitrogens with zero attached hydrogens (tertiary/aromatic N) is 3. The summed E-state index contributed by atoms with van der Waals surface area (Å²) in [7, 11) is 0. The zero-order valence-electron chi connectivity index (χ0n) is 18.1. The summed E-state index contributed by atoms with van der Waals surface area (Å²) in [5, 5.41) is 15.3. The summed E-state index contributed by atoms with van der Waals surface area (Å²) in [6.45, 7) is 0. The lowest BCUT2D eigenvalue weighted by Gasteiger charge is -2.24. The molecular weight excluding hydrogens is 468 g/mol. The smallest absolute Gasteiger partial charge is 0.247 e. The number of imide groups is 1. The number of hydrogen-bond donors (Lipinski definition) is 1. The van der Waals surface area contributed by atoms with Crippen LogP contribution in [0.1, 0.15) is 30.0 Å². The highest BCUT2D eigenvalue weighted by molar-refractivity contribution is 8.14. The van der Waals surface area contributed by atoms with Crippen molar-refractivity contribution in [1.82, 2.24) is 5.01 Å². The van der Waals surface area contributed by atoms with E-state index in [1.165, 1.54) is 4.90 Å². The Hall–Kier alpha value is -3.42. The van der Waals surface area contributed by atoms with Crippen LogP contribution in [0.2, 0.25) is 5.02 Å². The molecule has 2 amide bonds. The molecule has 0 aromatic heterocycles. The second kappa shape index (κ2) is 9.44. The van der Waals surface area contributed by atoms with Gasteiger partial charge in [-0.15, -0.1) is 0 Å². The predicted octanol–water partition coefficient (Wildman–Crippen LogP) is 5.49. The average molecular weight is 489 g/mol. The van der Waals surface area contributed by atoms with Crippen molar-refractivity contribution in [3.05, 3.63) is 101 Å². The number of anilines is 1. The van der Waals surface area contributed by atoms with Crippen LogP contribution in [0, 0.1) is 5.41 Å². The number of halogens is 1. The van der Waals surface area contributed by atoms with E-state index in [-0.39, 0.29) is 29.4 Å². The zero-order valence-corrected chi connectivity index (χ0v) is 19.7. The van der Waals surface area contributed by atoms with E-state index < -0.39 is 5.25 Å². The van der Waals surface area contributed by atoms with Crippen LogP contribution in [0.15, 0.2) is 90.0 Å². The lowest BCUT2D eigenvalue weighted by molar-refractivity contribution is -0.121. The third-order valence-electron chi connectivity index (χ3n) is 5.85. The van der Waals surface area contributed by atoms with Crippen molar-refractivity contribution in [1.29, 1.82) is 5.41 Å². The molecule has 3 aromatic rings. The van der Waals surface area contributed by atoms with Gasteiger partial charge >= 0.3 is 0 Å². The monoisotopic (exact) mass is 488 g/mol. The first kappa shape index (κ1) is 22.4. The second-order valence-electron chi connectivity index (χ2n) is 8.05. The molecule has 2 atom stereocenters. The highest BCUT2D eigenvalue weighted by atomic mass is 35.5. The summed E-state index contributed by atoms with van der Waals surface area (Å²) in [5.74, 6) is -0.614. The van der Waals surface area contributed by atoms with Crippen molar-refractivity contribution in [3.8, 4) is 0 Å². The Morgan fingerprint density at radius 3 is 2.24 bits per heavy atom. The van der Waals surface area contributed by atoms with Gasteiger partial charge in [0.05, 0.1) is 17.4 Å². The van der Waals surface area contributed by atoms with Gasteiger partial charge in [-0.2, -0.15) is 5.10 Å². The molecule has 0 bridgehead atoms. The maximum Gasteiger partial charge on any atom is 0.247 e. The van der Waals surface area contributed by atoms with Gasteiger partial charge in [-0.1, -0.05) is 84.0 Å². The summed E-state index contributed by atoms with van der Waals surface area (Å²) in [5.41, 5.74) is 3.42. The number of rotatable bonds is 4. The summed E-state index contributed by atoms with van der Waals surface area (Å²) in [6.07, 6.45) is 0.680. The van der Waals surface area contributed by atoms with Gasteiger partial charge < -0.3 is 0 Å². The van der Waals surface area contributed by atoms with Gasteiger partial charge in [0, 0.05) is 17.9 Å². The Morgan fingerprint density at radius 2 is 1.56 bits per heavy atom. The molecule has 0 radical (unpaired) electrons. The van der Waals surface area contributed by atoms with Crippen LogP contribution in [0.4, 0.5) is 5.69 Å². The Morgan fingerprint density at radius 1 is 0.912 bits per heavy atom. The van der Waals surface area contributed by atoms with Crippen molar-refractivity contribution in [2.24, 2.45) is 5.10 Å². The van der Waals surface area contributed by atoms with E-state index in [4.69, 9.17) is 22.1 Å². The molecule has 0 unspecified atom stereocenters. The van der Waals surface area contributed by atoms with Gasteiger partial charge in [0.2, 0.25) is 11.8 Å². The first-order chi connectivity index (χ1) is 16.5. The van der Waals surface area contributed by atoms with Gasteiger partial charge in [0.15, 0.2) is 5.17 Å². The molecule has 1 N–H and O–H groups in total. The quantitative estimate of drug-likeness (QED) is 0.299. The highest BCUT2D eigenvalue weighted by Crippen LogP contribution is 2.37. The molecule has 1 saturated heterocycles. The van der Waals surface area contributed by atoms with Crippen LogP contribution in [0.25, 0.3) is 0 Å². The number of nitrogens with one attached hydrogen (secondary N) is 1. The third kappa shape index (κ3) is 4.36. The molecule has 2 aliphatic heterocycles. The number of carbonyl (C=O) groups is 2. The lowest BCUT2D eigenvalue weighted by atomic mass is 9.99. The van der Waals surface area contributed by atoms with E-state index in [0.717, 1.165) is 28.6 Å². The Balaban J connectivity index is 1.38. The van der Waals surface area contributed by atoms with Gasteiger partial charge in [-0.05, 0) is 35.4 Å². The van der Waals surface area contributed by atoms with Crippen molar-refractivity contribution in [3.63, 3.8) is 0 Å². The SMILES string of the molecule is N=C(S[C@@H]1CC(=O)N(c2ccc(Cl)cc2)C1=O)N1N=C(c2ccccc2)C[C@H]1c1ccccc1. The van der Waals surface area contributed by atoms with Crippen molar-refractivity contribution in [2.45, 2.75) is 24.1 Å². The molecule has 3 aromatic carbocycles. The summed E-state index contributed by atoms with van der Waals surface area (Å²) >= 11 is 7.02. The first-order valence-electron chi connectivity index (χ1n) is 10.9. The molecule has 0 aliphatic carbocycles. The molecular formula is C26H21ClN4O2S. The van der Waals surface area contributed by atoms with Crippen LogP contribution >= 0.6 is 23.4 Å².